The molecule has 0 nitrogen and oxygen atoms in total. The van der Waals surface area contributed by atoms with Gasteiger partial charge in [-0.1, -0.05) is 53.4 Å². The molecule has 2 heterocycles. The van der Waals surface area contributed by atoms with Crippen LogP contribution in [0.4, 0.5) is 0 Å². The average molecular weight is 487 g/mol. The second-order valence-corrected chi connectivity index (χ2v) is 18.0. The second-order valence-electron chi connectivity index (χ2n) is 11.9. The molecule has 2 saturated heterocycles. The Morgan fingerprint density at radius 3 is 1.13 bits per heavy atom. The van der Waals surface area contributed by atoms with Gasteiger partial charge in [0.1, 0.15) is 0 Å². The summed E-state index contributed by atoms with van der Waals surface area (Å²) in [5, 5.41) is 0. The van der Waals surface area contributed by atoms with Crippen LogP contribution in [0.5, 0.6) is 0 Å². The van der Waals surface area contributed by atoms with Crippen molar-refractivity contribution in [1.82, 2.24) is 0 Å². The normalized spacial score (nSPS) is 28.8. The van der Waals surface area contributed by atoms with Crippen LogP contribution < -0.4 is 0 Å². The molecule has 0 spiro atoms. The van der Waals surface area contributed by atoms with Crippen LogP contribution in [0.2, 0.25) is 0 Å². The summed E-state index contributed by atoms with van der Waals surface area (Å²) >= 11 is 9.62. The number of thioether (sulfide) groups is 4. The number of hydrogen-bond acceptors (Lipinski definition) is 4. The second kappa shape index (κ2) is 9.95. The van der Waals surface area contributed by atoms with Crippen LogP contribution in [0.15, 0.2) is 0 Å². The highest BCUT2D eigenvalue weighted by Gasteiger charge is 2.59. The molecule has 2 aliphatic carbocycles. The monoisotopic (exact) mass is 486 g/mol. The minimum atomic E-state index is 0.406. The predicted molar refractivity (Wildman–Crippen MR) is 145 cm³/mol. The summed E-state index contributed by atoms with van der Waals surface area (Å²) in [6, 6.07) is 0. The third kappa shape index (κ3) is 5.07. The van der Waals surface area contributed by atoms with Crippen molar-refractivity contribution in [2.24, 2.45) is 22.7 Å². The Morgan fingerprint density at radius 1 is 0.533 bits per heavy atom. The van der Waals surface area contributed by atoms with Gasteiger partial charge in [0.05, 0.1) is 8.16 Å². The lowest BCUT2D eigenvalue weighted by atomic mass is 9.71. The van der Waals surface area contributed by atoms with Gasteiger partial charge in [-0.25, -0.2) is 0 Å². The molecule has 0 aromatic heterocycles. The van der Waals surface area contributed by atoms with Gasteiger partial charge in [-0.2, -0.15) is 0 Å². The molecule has 0 aromatic rings. The van der Waals surface area contributed by atoms with E-state index in [-0.39, 0.29) is 0 Å². The van der Waals surface area contributed by atoms with E-state index < -0.39 is 0 Å². The van der Waals surface area contributed by atoms with Gasteiger partial charge in [0.15, 0.2) is 0 Å². The van der Waals surface area contributed by atoms with Crippen molar-refractivity contribution in [3.8, 4) is 0 Å². The molecule has 4 fully saturated rings. The first-order valence-corrected chi connectivity index (χ1v) is 16.8. The van der Waals surface area contributed by atoms with Crippen molar-refractivity contribution in [1.29, 1.82) is 0 Å². The van der Waals surface area contributed by atoms with E-state index in [1.54, 1.807) is 0 Å². The summed E-state index contributed by atoms with van der Waals surface area (Å²) in [5.41, 5.74) is 0.966. The van der Waals surface area contributed by atoms with E-state index in [0.29, 0.717) is 19.0 Å². The molecule has 2 aliphatic heterocycles. The highest BCUT2D eigenvalue weighted by Crippen LogP contribution is 2.69. The largest absolute Gasteiger partial charge is 0.142 e. The van der Waals surface area contributed by atoms with E-state index in [1.165, 1.54) is 100 Å². The van der Waals surface area contributed by atoms with Gasteiger partial charge in [-0.15, -0.1) is 47.0 Å². The van der Waals surface area contributed by atoms with E-state index in [0.717, 1.165) is 11.8 Å². The van der Waals surface area contributed by atoms with Crippen molar-refractivity contribution in [3.05, 3.63) is 0 Å². The van der Waals surface area contributed by atoms with E-state index in [9.17, 15) is 0 Å². The fourth-order valence-corrected chi connectivity index (χ4v) is 16.0. The van der Waals surface area contributed by atoms with E-state index in [2.05, 4.69) is 74.7 Å². The Hall–Kier alpha value is 1.40. The molecule has 0 bridgehead atoms. The van der Waals surface area contributed by atoms with Crippen molar-refractivity contribution in [2.75, 3.05) is 23.0 Å². The quantitative estimate of drug-likeness (QED) is 0.351. The Morgan fingerprint density at radius 2 is 0.833 bits per heavy atom. The molecule has 0 atom stereocenters. The zero-order chi connectivity index (χ0) is 21.3. The molecule has 0 unspecified atom stereocenters. The maximum absolute atomic E-state index is 2.65. The maximum Gasteiger partial charge on any atom is 0.0853 e. The smallest absolute Gasteiger partial charge is 0.0853 e. The molecule has 2 saturated carbocycles. The first kappa shape index (κ1) is 24.5. The van der Waals surface area contributed by atoms with Crippen LogP contribution in [0.3, 0.4) is 0 Å². The Balaban J connectivity index is 1.65. The minimum Gasteiger partial charge on any atom is -0.142 e. The van der Waals surface area contributed by atoms with Gasteiger partial charge in [0.25, 0.3) is 0 Å². The lowest BCUT2D eigenvalue weighted by Gasteiger charge is -2.57. The number of rotatable bonds is 7. The topological polar surface area (TPSA) is 0 Å². The van der Waals surface area contributed by atoms with E-state index >= 15 is 0 Å². The van der Waals surface area contributed by atoms with Crippen molar-refractivity contribution in [3.63, 3.8) is 0 Å². The first-order chi connectivity index (χ1) is 14.3. The lowest BCUT2D eigenvalue weighted by Crippen LogP contribution is -2.53. The van der Waals surface area contributed by atoms with E-state index in [4.69, 9.17) is 0 Å². The van der Waals surface area contributed by atoms with Gasteiger partial charge in [-0.05, 0) is 97.0 Å². The summed E-state index contributed by atoms with van der Waals surface area (Å²) in [5.74, 6) is 7.47. The molecule has 0 radical (unpaired) electrons. The third-order valence-electron chi connectivity index (χ3n) is 8.80. The molecule has 0 aromatic carbocycles. The SMILES string of the molecule is CC(C)(CC1(C2(CC(C)(C)C3CCCC3)SCCCS2)SCCCS1)C1CCCC1. The van der Waals surface area contributed by atoms with Gasteiger partial charge < -0.3 is 0 Å². The summed E-state index contributed by atoms with van der Waals surface area (Å²) < 4.78 is 0.811. The highest BCUT2D eigenvalue weighted by atomic mass is 32.2. The summed E-state index contributed by atoms with van der Waals surface area (Å²) in [4.78, 5) is 0. The van der Waals surface area contributed by atoms with Crippen molar-refractivity contribution < 1.29 is 0 Å². The molecule has 174 valence electrons. The third-order valence-corrected chi connectivity index (χ3v) is 16.5. The molecular weight excluding hydrogens is 441 g/mol. The predicted octanol–water partition coefficient (Wildman–Crippen LogP) is 9.33. The fourth-order valence-electron chi connectivity index (χ4n) is 6.97. The number of hydrogen-bond donors (Lipinski definition) is 0. The Bertz CT molecular complexity index is 495. The lowest BCUT2D eigenvalue weighted by molar-refractivity contribution is 0.164. The van der Waals surface area contributed by atoms with Crippen LogP contribution in [0.25, 0.3) is 0 Å². The first-order valence-electron chi connectivity index (χ1n) is 12.8. The highest BCUT2D eigenvalue weighted by molar-refractivity contribution is 8.25. The molecule has 4 rings (SSSR count). The Labute approximate surface area is 204 Å². The fraction of sp³-hybridized carbons (Fsp3) is 1.00. The zero-order valence-corrected chi connectivity index (χ0v) is 23.4. The van der Waals surface area contributed by atoms with E-state index in [1.807, 2.05) is 0 Å². The maximum atomic E-state index is 2.65. The van der Waals surface area contributed by atoms with Crippen LogP contribution in [0, 0.1) is 22.7 Å². The van der Waals surface area contributed by atoms with Crippen LogP contribution >= 0.6 is 47.0 Å². The van der Waals surface area contributed by atoms with Crippen molar-refractivity contribution in [2.45, 2.75) is 113 Å². The summed E-state index contributed by atoms with van der Waals surface area (Å²) in [6.07, 6.45) is 17.5. The van der Waals surface area contributed by atoms with Gasteiger partial charge >= 0.3 is 0 Å². The van der Waals surface area contributed by atoms with Gasteiger partial charge in [0, 0.05) is 0 Å². The minimum absolute atomic E-state index is 0.406. The molecule has 4 aliphatic rings. The van der Waals surface area contributed by atoms with Crippen LogP contribution in [-0.2, 0) is 0 Å². The molecule has 30 heavy (non-hydrogen) atoms. The molecule has 4 heteroatoms. The standard InChI is InChI=1S/C26H46S4/c1-23(2,21-11-5-6-12-21)19-25(27-15-9-16-28-25)26(29-17-10-18-30-26)20-24(3,4)22-13-7-8-14-22/h21-22H,5-20H2,1-4H3. The summed E-state index contributed by atoms with van der Waals surface area (Å²) in [7, 11) is 0. The molecule has 0 N–H and O–H groups in total. The summed E-state index contributed by atoms with van der Waals surface area (Å²) in [6.45, 7) is 10.6. The Kier molecular flexibility index (Phi) is 8.13. The molecule has 0 amide bonds. The van der Waals surface area contributed by atoms with Crippen LogP contribution in [-0.4, -0.2) is 31.2 Å². The van der Waals surface area contributed by atoms with Crippen LogP contribution in [0.1, 0.15) is 105 Å². The van der Waals surface area contributed by atoms with Crippen molar-refractivity contribution >= 4 is 47.0 Å². The van der Waals surface area contributed by atoms with Gasteiger partial charge in [-0.3, -0.25) is 0 Å². The molecular formula is C26H46S4. The zero-order valence-electron chi connectivity index (χ0n) is 20.1. The average Bonchev–Trinajstić information content (AvgIpc) is 3.43. The van der Waals surface area contributed by atoms with Gasteiger partial charge in [0.2, 0.25) is 0 Å².